The molecule has 0 aromatic heterocycles. The van der Waals surface area contributed by atoms with Crippen molar-refractivity contribution in [2.45, 2.75) is 13.3 Å². The van der Waals surface area contributed by atoms with Gasteiger partial charge in [0.2, 0.25) is 5.91 Å². The van der Waals surface area contributed by atoms with E-state index in [2.05, 4.69) is 21.2 Å². The van der Waals surface area contributed by atoms with Crippen LogP contribution in [0.3, 0.4) is 0 Å². The lowest BCUT2D eigenvalue weighted by molar-refractivity contribution is -0.116. The maximum Gasteiger partial charge on any atom is 0.227 e. The molecule has 0 unspecified atom stereocenters. The van der Waals surface area contributed by atoms with Gasteiger partial charge in [0.25, 0.3) is 0 Å². The van der Waals surface area contributed by atoms with Crippen molar-refractivity contribution in [3.8, 4) is 5.75 Å². The molecule has 1 amide bonds. The predicted molar refractivity (Wildman–Crippen MR) is 84.1 cm³/mol. The van der Waals surface area contributed by atoms with Crippen molar-refractivity contribution in [3.63, 3.8) is 0 Å². The lowest BCUT2D eigenvalue weighted by Gasteiger charge is -2.09. The highest BCUT2D eigenvalue weighted by Gasteiger charge is 2.05. The van der Waals surface area contributed by atoms with E-state index in [1.54, 1.807) is 0 Å². The van der Waals surface area contributed by atoms with Crippen molar-refractivity contribution in [2.75, 3.05) is 11.9 Å². The smallest absolute Gasteiger partial charge is 0.227 e. The van der Waals surface area contributed by atoms with Gasteiger partial charge in [-0.15, -0.1) is 0 Å². The fraction of sp³-hybridized carbons (Fsp3) is 0.188. The molecule has 0 spiro atoms. The predicted octanol–water partition coefficient (Wildman–Crippen LogP) is 4.17. The number of para-hydroxylation sites is 1. The standard InChI is InChI=1S/C16H16BrNO2/c1-12-11-13(17)7-8-15(12)18-16(19)9-10-20-14-5-3-2-4-6-14/h2-8,11H,9-10H2,1H3,(H,18,19). The highest BCUT2D eigenvalue weighted by Crippen LogP contribution is 2.20. The zero-order chi connectivity index (χ0) is 14.4. The highest BCUT2D eigenvalue weighted by atomic mass is 79.9. The summed E-state index contributed by atoms with van der Waals surface area (Å²) in [5.41, 5.74) is 1.86. The van der Waals surface area contributed by atoms with Gasteiger partial charge in [-0.2, -0.15) is 0 Å². The van der Waals surface area contributed by atoms with Crippen molar-refractivity contribution < 1.29 is 9.53 Å². The summed E-state index contributed by atoms with van der Waals surface area (Å²) in [6, 6.07) is 15.2. The first kappa shape index (κ1) is 14.6. The average molecular weight is 334 g/mol. The van der Waals surface area contributed by atoms with Gasteiger partial charge in [-0.25, -0.2) is 0 Å². The van der Waals surface area contributed by atoms with E-state index in [0.717, 1.165) is 21.5 Å². The van der Waals surface area contributed by atoms with Crippen LogP contribution < -0.4 is 10.1 Å². The molecule has 1 N–H and O–H groups in total. The van der Waals surface area contributed by atoms with E-state index in [0.29, 0.717) is 13.0 Å². The lowest BCUT2D eigenvalue weighted by Crippen LogP contribution is -2.15. The molecule has 0 aliphatic heterocycles. The number of halogens is 1. The summed E-state index contributed by atoms with van der Waals surface area (Å²) in [4.78, 5) is 11.8. The number of amides is 1. The first-order valence-corrected chi connectivity index (χ1v) is 7.18. The third-order valence-corrected chi connectivity index (χ3v) is 3.30. The number of benzene rings is 2. The Morgan fingerprint density at radius 1 is 1.20 bits per heavy atom. The summed E-state index contributed by atoms with van der Waals surface area (Å²) in [6.45, 7) is 2.33. The molecule has 0 saturated carbocycles. The number of anilines is 1. The van der Waals surface area contributed by atoms with Crippen molar-refractivity contribution in [1.82, 2.24) is 0 Å². The van der Waals surface area contributed by atoms with Gasteiger partial charge < -0.3 is 10.1 Å². The number of hydrogen-bond acceptors (Lipinski definition) is 2. The monoisotopic (exact) mass is 333 g/mol. The summed E-state index contributed by atoms with van der Waals surface area (Å²) in [5.74, 6) is 0.728. The van der Waals surface area contributed by atoms with E-state index in [9.17, 15) is 4.79 Å². The second kappa shape index (κ2) is 7.10. The van der Waals surface area contributed by atoms with E-state index < -0.39 is 0 Å². The SMILES string of the molecule is Cc1cc(Br)ccc1NC(=O)CCOc1ccccc1. The maximum atomic E-state index is 11.8. The maximum absolute atomic E-state index is 11.8. The Morgan fingerprint density at radius 3 is 2.65 bits per heavy atom. The Morgan fingerprint density at radius 2 is 1.95 bits per heavy atom. The van der Waals surface area contributed by atoms with Crippen LogP contribution in [-0.2, 0) is 4.79 Å². The first-order valence-electron chi connectivity index (χ1n) is 6.39. The third-order valence-electron chi connectivity index (χ3n) is 2.80. The molecule has 2 aromatic rings. The molecule has 104 valence electrons. The van der Waals surface area contributed by atoms with Crippen molar-refractivity contribution in [3.05, 3.63) is 58.6 Å². The Kier molecular flexibility index (Phi) is 5.18. The van der Waals surface area contributed by atoms with Crippen molar-refractivity contribution >= 4 is 27.5 Å². The summed E-state index contributed by atoms with van der Waals surface area (Å²) >= 11 is 3.40. The fourth-order valence-corrected chi connectivity index (χ4v) is 2.23. The Balaban J connectivity index is 1.81. The van der Waals surface area contributed by atoms with Crippen LogP contribution in [-0.4, -0.2) is 12.5 Å². The Hall–Kier alpha value is -1.81. The van der Waals surface area contributed by atoms with Crippen LogP contribution in [0.4, 0.5) is 5.69 Å². The molecule has 0 saturated heterocycles. The van der Waals surface area contributed by atoms with Gasteiger partial charge in [-0.05, 0) is 42.8 Å². The molecule has 0 radical (unpaired) electrons. The fourth-order valence-electron chi connectivity index (χ4n) is 1.76. The highest BCUT2D eigenvalue weighted by molar-refractivity contribution is 9.10. The largest absolute Gasteiger partial charge is 0.493 e. The van der Waals surface area contributed by atoms with Gasteiger partial charge in [-0.3, -0.25) is 4.79 Å². The zero-order valence-electron chi connectivity index (χ0n) is 11.2. The van der Waals surface area contributed by atoms with E-state index >= 15 is 0 Å². The van der Waals surface area contributed by atoms with Crippen molar-refractivity contribution in [1.29, 1.82) is 0 Å². The molecule has 20 heavy (non-hydrogen) atoms. The van der Waals surface area contributed by atoms with Crippen LogP contribution in [0.15, 0.2) is 53.0 Å². The van der Waals surface area contributed by atoms with Gasteiger partial charge in [-0.1, -0.05) is 34.1 Å². The minimum absolute atomic E-state index is 0.0497. The lowest BCUT2D eigenvalue weighted by atomic mass is 10.2. The van der Waals surface area contributed by atoms with E-state index in [4.69, 9.17) is 4.74 Å². The van der Waals surface area contributed by atoms with Crippen LogP contribution in [0.5, 0.6) is 5.75 Å². The molecule has 2 aromatic carbocycles. The molecule has 0 aliphatic rings. The first-order chi connectivity index (χ1) is 9.65. The van der Waals surface area contributed by atoms with E-state index in [-0.39, 0.29) is 5.91 Å². The molecule has 0 atom stereocenters. The van der Waals surface area contributed by atoms with Crippen LogP contribution >= 0.6 is 15.9 Å². The molecule has 0 heterocycles. The second-order valence-corrected chi connectivity index (χ2v) is 5.33. The number of carbonyl (C=O) groups is 1. The second-order valence-electron chi connectivity index (χ2n) is 4.42. The topological polar surface area (TPSA) is 38.3 Å². The molecule has 0 fully saturated rings. The summed E-state index contributed by atoms with van der Waals surface area (Å²) in [5, 5.41) is 2.88. The Labute approximate surface area is 127 Å². The summed E-state index contributed by atoms with van der Waals surface area (Å²) < 4.78 is 6.50. The van der Waals surface area contributed by atoms with E-state index in [1.807, 2.05) is 55.5 Å². The van der Waals surface area contributed by atoms with Crippen LogP contribution in [0.1, 0.15) is 12.0 Å². The molecular formula is C16H16BrNO2. The molecular weight excluding hydrogens is 318 g/mol. The number of aryl methyl sites for hydroxylation is 1. The summed E-state index contributed by atoms with van der Waals surface area (Å²) in [6.07, 6.45) is 0.324. The Bertz CT molecular complexity index is 584. The minimum Gasteiger partial charge on any atom is -0.493 e. The van der Waals surface area contributed by atoms with Gasteiger partial charge in [0.15, 0.2) is 0 Å². The molecule has 4 heteroatoms. The molecule has 3 nitrogen and oxygen atoms in total. The number of hydrogen-bond donors (Lipinski definition) is 1. The third kappa shape index (κ3) is 4.38. The minimum atomic E-state index is -0.0497. The van der Waals surface area contributed by atoms with Gasteiger partial charge in [0.05, 0.1) is 13.0 Å². The quantitative estimate of drug-likeness (QED) is 0.891. The normalized spacial score (nSPS) is 10.1. The number of carbonyl (C=O) groups excluding carboxylic acids is 1. The number of nitrogens with one attached hydrogen (secondary N) is 1. The summed E-state index contributed by atoms with van der Waals surface area (Å²) in [7, 11) is 0. The van der Waals surface area contributed by atoms with Crippen LogP contribution in [0.25, 0.3) is 0 Å². The number of rotatable bonds is 5. The molecule has 0 aliphatic carbocycles. The zero-order valence-corrected chi connectivity index (χ0v) is 12.8. The molecule has 2 rings (SSSR count). The van der Waals surface area contributed by atoms with Gasteiger partial charge in [0, 0.05) is 10.2 Å². The average Bonchev–Trinajstić information content (AvgIpc) is 2.43. The van der Waals surface area contributed by atoms with Gasteiger partial charge >= 0.3 is 0 Å². The van der Waals surface area contributed by atoms with E-state index in [1.165, 1.54) is 0 Å². The van der Waals surface area contributed by atoms with Crippen LogP contribution in [0, 0.1) is 6.92 Å². The number of ether oxygens (including phenoxy) is 1. The van der Waals surface area contributed by atoms with Crippen LogP contribution in [0.2, 0.25) is 0 Å². The van der Waals surface area contributed by atoms with Crippen molar-refractivity contribution in [2.24, 2.45) is 0 Å². The molecule has 0 bridgehead atoms. The van der Waals surface area contributed by atoms with Gasteiger partial charge in [0.1, 0.15) is 5.75 Å².